The van der Waals surface area contributed by atoms with E-state index >= 15 is 0 Å². The van der Waals surface area contributed by atoms with Gasteiger partial charge in [0.15, 0.2) is 0 Å². The summed E-state index contributed by atoms with van der Waals surface area (Å²) in [5.74, 6) is 0. The number of anilines is 3. The molecule has 0 radical (unpaired) electrons. The third-order valence-electron chi connectivity index (χ3n) is 11.9. The van der Waals surface area contributed by atoms with Crippen molar-refractivity contribution in [3.63, 3.8) is 0 Å². The first-order valence-electron chi connectivity index (χ1n) is 22.0. The number of aryl methyl sites for hydroxylation is 2. The maximum atomic E-state index is 4.98. The molecule has 2 aromatic heterocycles. The van der Waals surface area contributed by atoms with Crippen LogP contribution in [0.2, 0.25) is 0 Å². The molecule has 9 rings (SSSR count). The molecule has 0 spiro atoms. The van der Waals surface area contributed by atoms with Gasteiger partial charge in [-0.05, 0) is 96.8 Å². The summed E-state index contributed by atoms with van der Waals surface area (Å²) >= 11 is 0. The molecule has 0 aliphatic rings. The Balaban J connectivity index is 0.765. The lowest BCUT2D eigenvalue weighted by molar-refractivity contribution is 0.536. The highest BCUT2D eigenvalue weighted by Gasteiger charge is 2.13. The fourth-order valence-electron chi connectivity index (χ4n) is 8.79. The van der Waals surface area contributed by atoms with Crippen LogP contribution in [-0.2, 0) is 13.1 Å². The second-order valence-corrected chi connectivity index (χ2v) is 16.1. The van der Waals surface area contributed by atoms with Crippen LogP contribution in [0, 0.1) is 0 Å². The molecule has 0 unspecified atom stereocenters. The summed E-state index contributed by atoms with van der Waals surface area (Å²) in [7, 11) is 1.99. The zero-order valence-electron chi connectivity index (χ0n) is 35.2. The zero-order chi connectivity index (χ0) is 41.2. The quantitative estimate of drug-likeness (QED) is 0.0493. The van der Waals surface area contributed by atoms with Crippen molar-refractivity contribution in [2.24, 2.45) is 10.2 Å². The summed E-state index contributed by atoms with van der Waals surface area (Å²) in [6.45, 7) is 2.08. The standard InChI is InChI=1S/C55H54N6/c1-58(45-23-11-8-12-24-45)56-41-43-33-35-54-50(39-43)48-29-17-19-31-52(48)59(54)37-21-6-4-2-3-5-7-22-38-60-53-32-20-18-30-49(53)51-40-44(34-36-55(51)60)42-57-61(46-25-13-9-14-26-46)47-27-15-10-16-28-47/h8-20,23-36,39-42H,2-7,21-22,37-38H2,1H3. The molecular formula is C55H54N6. The molecule has 2 heterocycles. The Bertz CT molecular complexity index is 2850. The van der Waals surface area contributed by atoms with Gasteiger partial charge in [-0.2, -0.15) is 10.2 Å². The first-order chi connectivity index (χ1) is 30.2. The van der Waals surface area contributed by atoms with E-state index in [4.69, 9.17) is 10.2 Å². The topological polar surface area (TPSA) is 41.1 Å². The molecule has 0 saturated carbocycles. The normalized spacial score (nSPS) is 11.9. The number of rotatable bonds is 18. The molecule has 0 aliphatic carbocycles. The average Bonchev–Trinajstić information content (AvgIpc) is 3.81. The first kappa shape index (κ1) is 39.5. The number of nitrogens with zero attached hydrogens (tertiary/aromatic N) is 6. The molecule has 0 N–H and O–H groups in total. The van der Waals surface area contributed by atoms with Gasteiger partial charge in [-0.15, -0.1) is 0 Å². The fraction of sp³-hybridized carbons (Fsp3) is 0.200. The van der Waals surface area contributed by atoms with E-state index in [2.05, 4.69) is 155 Å². The number of hydrogen-bond acceptors (Lipinski definition) is 4. The van der Waals surface area contributed by atoms with Crippen LogP contribution in [0.25, 0.3) is 43.6 Å². The number of fused-ring (bicyclic) bond motifs is 6. The molecule has 304 valence electrons. The molecule has 0 saturated heterocycles. The minimum Gasteiger partial charge on any atom is -0.340 e. The summed E-state index contributed by atoms with van der Waals surface area (Å²) in [6.07, 6.45) is 14.0. The lowest BCUT2D eigenvalue weighted by Gasteiger charge is -2.19. The fourth-order valence-corrected chi connectivity index (χ4v) is 8.79. The minimum atomic E-state index is 1.03. The molecule has 61 heavy (non-hydrogen) atoms. The van der Waals surface area contributed by atoms with E-state index in [9.17, 15) is 0 Å². The third kappa shape index (κ3) is 9.00. The Kier molecular flexibility index (Phi) is 12.3. The van der Waals surface area contributed by atoms with Crippen molar-refractivity contribution in [1.82, 2.24) is 9.13 Å². The SMILES string of the molecule is CN(N=Cc1ccc2c(c1)c1ccccc1n2CCCCCCCCCCn1c2ccccc2c2cc(C=NN(c3ccccc3)c3ccccc3)ccc21)c1ccccc1. The van der Waals surface area contributed by atoms with Gasteiger partial charge in [0.05, 0.1) is 29.5 Å². The Hall–Kier alpha value is -6.92. The van der Waals surface area contributed by atoms with Crippen molar-refractivity contribution in [1.29, 1.82) is 0 Å². The second kappa shape index (κ2) is 19.0. The summed E-state index contributed by atoms with van der Waals surface area (Å²) in [4.78, 5) is 0. The monoisotopic (exact) mass is 798 g/mol. The van der Waals surface area contributed by atoms with Crippen LogP contribution >= 0.6 is 0 Å². The first-order valence-corrected chi connectivity index (χ1v) is 22.0. The van der Waals surface area contributed by atoms with Gasteiger partial charge in [-0.25, -0.2) is 5.01 Å². The van der Waals surface area contributed by atoms with Gasteiger partial charge < -0.3 is 9.13 Å². The van der Waals surface area contributed by atoms with Crippen LogP contribution in [-0.4, -0.2) is 28.6 Å². The largest absolute Gasteiger partial charge is 0.340 e. The van der Waals surface area contributed by atoms with Crippen LogP contribution in [0.1, 0.15) is 62.5 Å². The van der Waals surface area contributed by atoms with Gasteiger partial charge >= 0.3 is 0 Å². The zero-order valence-corrected chi connectivity index (χ0v) is 35.2. The van der Waals surface area contributed by atoms with Gasteiger partial charge in [0.2, 0.25) is 0 Å². The van der Waals surface area contributed by atoms with Gasteiger partial charge in [-0.1, -0.05) is 142 Å². The molecule has 0 amide bonds. The van der Waals surface area contributed by atoms with E-state index in [-0.39, 0.29) is 0 Å². The molecule has 6 nitrogen and oxygen atoms in total. The Labute approximate surface area is 359 Å². The van der Waals surface area contributed by atoms with E-state index < -0.39 is 0 Å². The summed E-state index contributed by atoms with van der Waals surface area (Å²) < 4.78 is 5.05. The Morgan fingerprint density at radius 3 is 1.23 bits per heavy atom. The van der Waals surface area contributed by atoms with Crippen molar-refractivity contribution in [2.75, 3.05) is 17.1 Å². The van der Waals surface area contributed by atoms with Crippen molar-refractivity contribution in [3.8, 4) is 0 Å². The number of benzene rings is 7. The number of hydrogen-bond donors (Lipinski definition) is 0. The van der Waals surface area contributed by atoms with E-state index in [1.807, 2.05) is 59.8 Å². The van der Waals surface area contributed by atoms with Gasteiger partial charge in [-0.3, -0.25) is 5.01 Å². The van der Waals surface area contributed by atoms with Gasteiger partial charge in [0.25, 0.3) is 0 Å². The molecular weight excluding hydrogens is 745 g/mol. The van der Waals surface area contributed by atoms with Gasteiger partial charge in [0.1, 0.15) is 0 Å². The van der Waals surface area contributed by atoms with E-state index in [1.54, 1.807) is 0 Å². The van der Waals surface area contributed by atoms with Gasteiger partial charge in [0, 0.05) is 63.7 Å². The molecule has 0 fully saturated rings. The summed E-state index contributed by atoms with van der Waals surface area (Å²) in [5.41, 5.74) is 10.6. The Morgan fingerprint density at radius 1 is 0.377 bits per heavy atom. The minimum absolute atomic E-state index is 1.03. The maximum Gasteiger partial charge on any atom is 0.0652 e. The van der Waals surface area contributed by atoms with Crippen LogP contribution < -0.4 is 10.0 Å². The highest BCUT2D eigenvalue weighted by atomic mass is 15.5. The van der Waals surface area contributed by atoms with Crippen molar-refractivity contribution in [2.45, 2.75) is 64.5 Å². The van der Waals surface area contributed by atoms with Crippen LogP contribution in [0.15, 0.2) is 186 Å². The molecule has 7 aromatic carbocycles. The number of unbranched alkanes of at least 4 members (excludes halogenated alkanes) is 7. The maximum absolute atomic E-state index is 4.98. The molecule has 6 heteroatoms. The highest BCUT2D eigenvalue weighted by molar-refractivity contribution is 6.10. The molecule has 0 atom stereocenters. The lowest BCUT2D eigenvalue weighted by atomic mass is 10.1. The average molecular weight is 799 g/mol. The summed E-state index contributed by atoms with van der Waals surface area (Å²) in [5, 5.41) is 18.8. The van der Waals surface area contributed by atoms with Crippen molar-refractivity contribution >= 4 is 73.1 Å². The van der Waals surface area contributed by atoms with E-state index in [0.717, 1.165) is 41.3 Å². The smallest absolute Gasteiger partial charge is 0.0652 e. The van der Waals surface area contributed by atoms with Crippen molar-refractivity contribution < 1.29 is 0 Å². The number of hydrazone groups is 2. The highest BCUT2D eigenvalue weighted by Crippen LogP contribution is 2.32. The van der Waals surface area contributed by atoms with Crippen molar-refractivity contribution in [3.05, 3.63) is 187 Å². The van der Waals surface area contributed by atoms with Crippen LogP contribution in [0.3, 0.4) is 0 Å². The lowest BCUT2D eigenvalue weighted by Crippen LogP contribution is -2.09. The number of para-hydroxylation sites is 5. The third-order valence-corrected chi connectivity index (χ3v) is 11.9. The molecule has 0 aliphatic heterocycles. The van der Waals surface area contributed by atoms with Crippen LogP contribution in [0.5, 0.6) is 0 Å². The second-order valence-electron chi connectivity index (χ2n) is 16.1. The van der Waals surface area contributed by atoms with E-state index in [0.29, 0.717) is 0 Å². The summed E-state index contributed by atoms with van der Waals surface area (Å²) in [6, 6.07) is 62.2. The Morgan fingerprint density at radius 2 is 0.754 bits per heavy atom. The number of aromatic nitrogens is 2. The van der Waals surface area contributed by atoms with Crippen LogP contribution in [0.4, 0.5) is 17.1 Å². The molecule has 0 bridgehead atoms. The van der Waals surface area contributed by atoms with E-state index in [1.165, 1.54) is 95.0 Å². The predicted octanol–water partition coefficient (Wildman–Crippen LogP) is 14.4. The predicted molar refractivity (Wildman–Crippen MR) is 261 cm³/mol. The molecule has 9 aromatic rings.